The highest BCUT2D eigenvalue weighted by Crippen LogP contribution is 2.38. The number of nitrogens with one attached hydrogen (secondary N) is 1. The molecule has 0 aromatic heterocycles. The fourth-order valence-corrected chi connectivity index (χ4v) is 3.06. The molecule has 1 N–H and O–H groups in total. The lowest BCUT2D eigenvalue weighted by atomic mass is 9.92. The van der Waals surface area contributed by atoms with Crippen molar-refractivity contribution in [3.05, 3.63) is 54.1 Å². The van der Waals surface area contributed by atoms with Gasteiger partial charge in [0, 0.05) is 17.8 Å². The van der Waals surface area contributed by atoms with E-state index in [1.165, 1.54) is 0 Å². The Bertz CT molecular complexity index is 844. The molecule has 2 aromatic carbocycles. The highest BCUT2D eigenvalue weighted by atomic mass is 16.5. The lowest BCUT2D eigenvalue weighted by molar-refractivity contribution is -0.127. The topological polar surface area (TPSA) is 58.6 Å². The lowest BCUT2D eigenvalue weighted by Gasteiger charge is -2.29. The zero-order valence-corrected chi connectivity index (χ0v) is 16.3. The molecule has 0 atom stereocenters. The van der Waals surface area contributed by atoms with E-state index in [1.807, 2.05) is 44.2 Å². The SMILES string of the molecule is CC(C)CN1C(=O)C(C)(C)COc2ccc(NC(=O)c3ccccc3)cc21. The number of fused-ring (bicyclic) bond motifs is 1. The van der Waals surface area contributed by atoms with Crippen molar-refractivity contribution >= 4 is 23.2 Å². The Labute approximate surface area is 160 Å². The minimum Gasteiger partial charge on any atom is -0.490 e. The molecule has 0 fully saturated rings. The van der Waals surface area contributed by atoms with E-state index >= 15 is 0 Å². The number of hydrogen-bond donors (Lipinski definition) is 1. The molecule has 0 saturated heterocycles. The molecule has 0 bridgehead atoms. The molecule has 5 nitrogen and oxygen atoms in total. The van der Waals surface area contributed by atoms with Crippen molar-refractivity contribution in [1.29, 1.82) is 0 Å². The second-order valence-electron chi connectivity index (χ2n) is 7.98. The average molecular weight is 366 g/mol. The number of benzene rings is 2. The van der Waals surface area contributed by atoms with Gasteiger partial charge in [-0.1, -0.05) is 32.0 Å². The Morgan fingerprint density at radius 1 is 1.19 bits per heavy atom. The molecule has 27 heavy (non-hydrogen) atoms. The van der Waals surface area contributed by atoms with E-state index in [0.717, 1.165) is 0 Å². The number of carbonyl (C=O) groups excluding carboxylic acids is 2. The van der Waals surface area contributed by atoms with Crippen LogP contribution >= 0.6 is 0 Å². The van der Waals surface area contributed by atoms with E-state index in [1.54, 1.807) is 23.1 Å². The van der Waals surface area contributed by atoms with E-state index in [2.05, 4.69) is 19.2 Å². The van der Waals surface area contributed by atoms with Crippen LogP contribution in [-0.4, -0.2) is 25.0 Å². The smallest absolute Gasteiger partial charge is 0.255 e. The average Bonchev–Trinajstić information content (AvgIpc) is 2.72. The first-order chi connectivity index (χ1) is 12.8. The molecule has 3 rings (SSSR count). The van der Waals surface area contributed by atoms with E-state index in [0.29, 0.717) is 41.8 Å². The van der Waals surface area contributed by atoms with Crippen molar-refractivity contribution < 1.29 is 14.3 Å². The molecule has 1 aliphatic heterocycles. The van der Waals surface area contributed by atoms with Crippen LogP contribution in [0.5, 0.6) is 5.75 Å². The maximum atomic E-state index is 13.1. The van der Waals surface area contributed by atoms with Crippen molar-refractivity contribution in [2.24, 2.45) is 11.3 Å². The maximum Gasteiger partial charge on any atom is 0.255 e. The largest absolute Gasteiger partial charge is 0.490 e. The van der Waals surface area contributed by atoms with Gasteiger partial charge in [-0.15, -0.1) is 0 Å². The number of rotatable bonds is 4. The summed E-state index contributed by atoms with van der Waals surface area (Å²) in [6, 6.07) is 14.5. The van der Waals surface area contributed by atoms with Crippen LogP contribution in [-0.2, 0) is 4.79 Å². The predicted molar refractivity (Wildman–Crippen MR) is 107 cm³/mol. The summed E-state index contributed by atoms with van der Waals surface area (Å²) in [5, 5.41) is 2.91. The lowest BCUT2D eigenvalue weighted by Crippen LogP contribution is -2.43. The summed E-state index contributed by atoms with van der Waals surface area (Å²) in [5.41, 5.74) is 1.30. The molecular weight excluding hydrogens is 340 g/mol. The van der Waals surface area contributed by atoms with Crippen LogP contribution in [0.2, 0.25) is 0 Å². The van der Waals surface area contributed by atoms with Gasteiger partial charge in [-0.3, -0.25) is 9.59 Å². The quantitative estimate of drug-likeness (QED) is 0.875. The third-order valence-electron chi connectivity index (χ3n) is 4.50. The van der Waals surface area contributed by atoms with Gasteiger partial charge in [0.15, 0.2) is 0 Å². The fraction of sp³-hybridized carbons (Fsp3) is 0.364. The van der Waals surface area contributed by atoms with Crippen LogP contribution < -0.4 is 15.0 Å². The van der Waals surface area contributed by atoms with Crippen molar-refractivity contribution in [2.45, 2.75) is 27.7 Å². The summed E-state index contributed by atoms with van der Waals surface area (Å²) in [4.78, 5) is 27.3. The monoisotopic (exact) mass is 366 g/mol. The molecule has 5 heteroatoms. The van der Waals surface area contributed by atoms with Crippen LogP contribution in [0.4, 0.5) is 11.4 Å². The first kappa shape index (κ1) is 19.0. The van der Waals surface area contributed by atoms with E-state index in [-0.39, 0.29) is 11.8 Å². The number of nitrogens with zero attached hydrogens (tertiary/aromatic N) is 1. The Morgan fingerprint density at radius 3 is 2.56 bits per heavy atom. The molecule has 142 valence electrons. The van der Waals surface area contributed by atoms with Gasteiger partial charge < -0.3 is 15.0 Å². The third-order valence-corrected chi connectivity index (χ3v) is 4.50. The van der Waals surface area contributed by atoms with E-state index in [9.17, 15) is 9.59 Å². The van der Waals surface area contributed by atoms with Crippen LogP contribution in [0.25, 0.3) is 0 Å². The minimum atomic E-state index is -0.610. The zero-order chi connectivity index (χ0) is 19.6. The van der Waals surface area contributed by atoms with Gasteiger partial charge in [-0.25, -0.2) is 0 Å². The molecule has 2 aromatic rings. The van der Waals surface area contributed by atoms with Crippen LogP contribution in [0, 0.1) is 11.3 Å². The number of amides is 2. The third kappa shape index (κ3) is 4.13. The van der Waals surface area contributed by atoms with Gasteiger partial charge in [0.05, 0.1) is 11.1 Å². The van der Waals surface area contributed by atoms with Gasteiger partial charge >= 0.3 is 0 Å². The predicted octanol–water partition coefficient (Wildman–Crippen LogP) is 4.35. The second-order valence-corrected chi connectivity index (χ2v) is 7.98. The Balaban J connectivity index is 1.94. The molecule has 1 heterocycles. The summed E-state index contributed by atoms with van der Waals surface area (Å²) in [7, 11) is 0. The molecule has 2 amide bonds. The minimum absolute atomic E-state index is 0.0292. The van der Waals surface area contributed by atoms with Crippen molar-refractivity contribution in [1.82, 2.24) is 0 Å². The fourth-order valence-electron chi connectivity index (χ4n) is 3.06. The standard InChI is InChI=1S/C22H26N2O3/c1-15(2)13-24-18-12-17(23-20(25)16-8-6-5-7-9-16)10-11-19(18)27-14-22(3,4)21(24)26/h5-12,15H,13-14H2,1-4H3,(H,23,25). The normalized spacial score (nSPS) is 15.7. The van der Waals surface area contributed by atoms with Gasteiger partial charge in [-0.05, 0) is 50.1 Å². The molecule has 0 spiro atoms. The number of hydrogen-bond acceptors (Lipinski definition) is 3. The Kier molecular flexibility index (Phi) is 5.22. The van der Waals surface area contributed by atoms with E-state index < -0.39 is 5.41 Å². The van der Waals surface area contributed by atoms with Gasteiger partial charge in [0.25, 0.3) is 5.91 Å². The van der Waals surface area contributed by atoms with Crippen LogP contribution in [0.15, 0.2) is 48.5 Å². The molecule has 0 aliphatic carbocycles. The summed E-state index contributed by atoms with van der Waals surface area (Å²) in [6.45, 7) is 8.86. The summed E-state index contributed by atoms with van der Waals surface area (Å²) in [5.74, 6) is 0.805. The number of carbonyl (C=O) groups is 2. The first-order valence-electron chi connectivity index (χ1n) is 9.23. The van der Waals surface area contributed by atoms with Crippen molar-refractivity contribution in [3.8, 4) is 5.75 Å². The number of anilines is 2. The van der Waals surface area contributed by atoms with Crippen LogP contribution in [0.3, 0.4) is 0 Å². The Morgan fingerprint density at radius 2 is 1.89 bits per heavy atom. The molecule has 0 saturated carbocycles. The highest BCUT2D eigenvalue weighted by Gasteiger charge is 2.38. The van der Waals surface area contributed by atoms with Gasteiger partial charge in [0.1, 0.15) is 12.4 Å². The summed E-state index contributed by atoms with van der Waals surface area (Å²) < 4.78 is 5.92. The van der Waals surface area contributed by atoms with Crippen molar-refractivity contribution in [3.63, 3.8) is 0 Å². The summed E-state index contributed by atoms with van der Waals surface area (Å²) >= 11 is 0. The first-order valence-corrected chi connectivity index (χ1v) is 9.23. The summed E-state index contributed by atoms with van der Waals surface area (Å²) in [6.07, 6.45) is 0. The van der Waals surface area contributed by atoms with Gasteiger partial charge in [0.2, 0.25) is 5.91 Å². The Hall–Kier alpha value is -2.82. The second kappa shape index (κ2) is 7.43. The molecule has 0 radical (unpaired) electrons. The van der Waals surface area contributed by atoms with Gasteiger partial charge in [-0.2, -0.15) is 0 Å². The zero-order valence-electron chi connectivity index (χ0n) is 16.3. The van der Waals surface area contributed by atoms with Crippen LogP contribution in [0.1, 0.15) is 38.1 Å². The maximum absolute atomic E-state index is 13.1. The highest BCUT2D eigenvalue weighted by molar-refractivity contribution is 6.05. The number of ether oxygens (including phenoxy) is 1. The molecule has 0 unspecified atom stereocenters. The van der Waals surface area contributed by atoms with E-state index in [4.69, 9.17) is 4.74 Å². The molecular formula is C22H26N2O3. The molecule has 1 aliphatic rings. The van der Waals surface area contributed by atoms with Crippen molar-refractivity contribution in [2.75, 3.05) is 23.4 Å².